The summed E-state index contributed by atoms with van der Waals surface area (Å²) in [5, 5.41) is 8.18. The second-order valence-electron chi connectivity index (χ2n) is 10.3. The van der Waals surface area contributed by atoms with E-state index in [9.17, 15) is 9.59 Å². The minimum atomic E-state index is -0.149. The number of nitrogens with one attached hydrogen (secondary N) is 2. The van der Waals surface area contributed by atoms with Crippen molar-refractivity contribution in [1.29, 1.82) is 0 Å². The SMILES string of the molecule is CC(C(=O)Nc1ccc2cc3ccc(NC(=O)C(C)N4CCCCC4)cc3nc2c1)N1CCCCC1. The van der Waals surface area contributed by atoms with Crippen molar-refractivity contribution in [1.82, 2.24) is 14.8 Å². The predicted octanol–water partition coefficient (Wildman–Crippen LogP) is 5.01. The van der Waals surface area contributed by atoms with Crippen LogP contribution in [-0.4, -0.2) is 64.9 Å². The number of amides is 2. The van der Waals surface area contributed by atoms with Gasteiger partial charge in [0.25, 0.3) is 0 Å². The van der Waals surface area contributed by atoms with E-state index in [1.807, 2.05) is 50.2 Å². The Bertz CT molecular complexity index is 1150. The quantitative estimate of drug-likeness (QED) is 0.478. The topological polar surface area (TPSA) is 77.6 Å². The number of nitrogens with zero attached hydrogens (tertiary/aromatic N) is 3. The van der Waals surface area contributed by atoms with Crippen LogP contribution >= 0.6 is 0 Å². The maximum atomic E-state index is 12.9. The number of rotatable bonds is 6. The number of fused-ring (bicyclic) bond motifs is 2. The summed E-state index contributed by atoms with van der Waals surface area (Å²) < 4.78 is 0. The molecule has 0 bridgehead atoms. The maximum Gasteiger partial charge on any atom is 0.241 e. The number of pyridine rings is 1. The molecular weight excluding hydrogens is 450 g/mol. The third kappa shape index (κ3) is 5.52. The molecule has 0 aliphatic carbocycles. The summed E-state index contributed by atoms with van der Waals surface area (Å²) in [6.07, 6.45) is 7.12. The molecule has 0 saturated carbocycles. The number of aromatic nitrogens is 1. The minimum Gasteiger partial charge on any atom is -0.325 e. The molecule has 190 valence electrons. The fourth-order valence-electron chi connectivity index (χ4n) is 5.41. The van der Waals surface area contributed by atoms with E-state index in [1.165, 1.54) is 12.8 Å². The molecule has 3 aromatic rings. The minimum absolute atomic E-state index is 0.0184. The first-order valence-electron chi connectivity index (χ1n) is 13.4. The summed E-state index contributed by atoms with van der Waals surface area (Å²) in [7, 11) is 0. The summed E-state index contributed by atoms with van der Waals surface area (Å²) in [6.45, 7) is 7.89. The molecule has 2 atom stereocenters. The zero-order valence-electron chi connectivity index (χ0n) is 21.4. The average Bonchev–Trinajstić information content (AvgIpc) is 2.92. The Morgan fingerprint density at radius 1 is 0.667 bits per heavy atom. The highest BCUT2D eigenvalue weighted by Gasteiger charge is 2.24. The van der Waals surface area contributed by atoms with Crippen LogP contribution in [0.15, 0.2) is 42.5 Å². The van der Waals surface area contributed by atoms with Crippen LogP contribution < -0.4 is 10.6 Å². The van der Waals surface area contributed by atoms with Crippen molar-refractivity contribution in [3.8, 4) is 0 Å². The average molecular weight is 488 g/mol. The Kier molecular flexibility index (Phi) is 7.48. The smallest absolute Gasteiger partial charge is 0.241 e. The molecule has 2 amide bonds. The van der Waals surface area contributed by atoms with Gasteiger partial charge in [-0.05, 0) is 96.0 Å². The van der Waals surface area contributed by atoms with E-state index in [1.54, 1.807) is 0 Å². The van der Waals surface area contributed by atoms with E-state index in [4.69, 9.17) is 4.98 Å². The van der Waals surface area contributed by atoms with Crippen molar-refractivity contribution in [3.05, 3.63) is 42.5 Å². The first-order valence-corrected chi connectivity index (χ1v) is 13.4. The standard InChI is InChI=1S/C29H37N5O2/c1-20(33-13-5-3-6-14-33)28(35)30-24-11-9-22-17-23-10-12-25(19-27(23)32-26(22)18-24)31-29(36)21(2)34-15-7-4-8-16-34/h9-12,17-21H,3-8,13-16H2,1-2H3,(H,30,35)(H,31,36). The Hall–Kier alpha value is -3.03. The lowest BCUT2D eigenvalue weighted by Gasteiger charge is -2.31. The predicted molar refractivity (Wildman–Crippen MR) is 146 cm³/mol. The lowest BCUT2D eigenvalue weighted by Crippen LogP contribution is -2.44. The van der Waals surface area contributed by atoms with E-state index in [0.29, 0.717) is 0 Å². The van der Waals surface area contributed by atoms with Gasteiger partial charge in [0.05, 0.1) is 23.1 Å². The van der Waals surface area contributed by atoms with Crippen molar-refractivity contribution in [2.45, 2.75) is 64.5 Å². The van der Waals surface area contributed by atoms with E-state index < -0.39 is 0 Å². The molecule has 2 fully saturated rings. The fourth-order valence-corrected chi connectivity index (χ4v) is 5.41. The number of hydrogen-bond acceptors (Lipinski definition) is 5. The van der Waals surface area contributed by atoms with E-state index in [2.05, 4.69) is 26.5 Å². The molecule has 7 nitrogen and oxygen atoms in total. The molecule has 2 aliphatic heterocycles. The zero-order chi connectivity index (χ0) is 25.1. The van der Waals surface area contributed by atoms with Crippen LogP contribution in [0.3, 0.4) is 0 Å². The number of likely N-dealkylation sites (tertiary alicyclic amines) is 2. The Morgan fingerprint density at radius 3 is 1.50 bits per heavy atom. The van der Waals surface area contributed by atoms with Gasteiger partial charge in [-0.1, -0.05) is 25.0 Å². The Morgan fingerprint density at radius 2 is 1.08 bits per heavy atom. The van der Waals surface area contributed by atoms with Crippen LogP contribution in [0.2, 0.25) is 0 Å². The van der Waals surface area contributed by atoms with Crippen LogP contribution in [0.4, 0.5) is 11.4 Å². The van der Waals surface area contributed by atoms with Gasteiger partial charge in [0.2, 0.25) is 11.8 Å². The molecule has 36 heavy (non-hydrogen) atoms. The van der Waals surface area contributed by atoms with Gasteiger partial charge in [0, 0.05) is 22.1 Å². The third-order valence-corrected chi connectivity index (χ3v) is 7.78. The third-order valence-electron chi connectivity index (χ3n) is 7.78. The van der Waals surface area contributed by atoms with Gasteiger partial charge in [0.15, 0.2) is 0 Å². The number of carbonyl (C=O) groups excluding carboxylic acids is 2. The molecular formula is C29H37N5O2. The molecule has 2 aliphatic rings. The molecule has 3 heterocycles. The van der Waals surface area contributed by atoms with Crippen molar-refractivity contribution < 1.29 is 9.59 Å². The number of hydrogen-bond donors (Lipinski definition) is 2. The van der Waals surface area contributed by atoms with Crippen molar-refractivity contribution in [2.75, 3.05) is 36.8 Å². The molecule has 7 heteroatoms. The van der Waals surface area contributed by atoms with Crippen molar-refractivity contribution in [2.24, 2.45) is 0 Å². The van der Waals surface area contributed by atoms with E-state index >= 15 is 0 Å². The largest absolute Gasteiger partial charge is 0.325 e. The molecule has 1 aromatic heterocycles. The summed E-state index contributed by atoms with van der Waals surface area (Å²) in [5.74, 6) is 0.0368. The first kappa shape index (κ1) is 24.7. The summed E-state index contributed by atoms with van der Waals surface area (Å²) >= 11 is 0. The highest BCUT2D eigenvalue weighted by molar-refractivity contribution is 6.00. The molecule has 5 rings (SSSR count). The van der Waals surface area contributed by atoms with Crippen molar-refractivity contribution in [3.63, 3.8) is 0 Å². The van der Waals surface area contributed by atoms with Gasteiger partial charge < -0.3 is 10.6 Å². The zero-order valence-corrected chi connectivity index (χ0v) is 21.4. The first-order chi connectivity index (χ1) is 17.5. The molecule has 2 saturated heterocycles. The van der Waals surface area contributed by atoms with Crippen LogP contribution in [0.5, 0.6) is 0 Å². The van der Waals surface area contributed by atoms with Gasteiger partial charge in [-0.3, -0.25) is 19.4 Å². The number of anilines is 2. The number of benzene rings is 2. The summed E-state index contributed by atoms with van der Waals surface area (Å²) in [6, 6.07) is 13.5. The Labute approximate surface area is 213 Å². The van der Waals surface area contributed by atoms with E-state index in [0.717, 1.165) is 85.0 Å². The molecule has 0 spiro atoms. The maximum absolute atomic E-state index is 12.9. The second kappa shape index (κ2) is 10.9. The molecule has 2 N–H and O–H groups in total. The van der Waals surface area contributed by atoms with E-state index in [-0.39, 0.29) is 23.9 Å². The lowest BCUT2D eigenvalue weighted by molar-refractivity contribution is -0.121. The van der Waals surface area contributed by atoms with Gasteiger partial charge in [-0.15, -0.1) is 0 Å². The molecule has 0 radical (unpaired) electrons. The van der Waals surface area contributed by atoms with Gasteiger partial charge >= 0.3 is 0 Å². The highest BCUT2D eigenvalue weighted by atomic mass is 16.2. The lowest BCUT2D eigenvalue weighted by atomic mass is 10.1. The number of carbonyl (C=O) groups is 2. The van der Waals surface area contributed by atoms with Crippen LogP contribution in [-0.2, 0) is 9.59 Å². The fraction of sp³-hybridized carbons (Fsp3) is 0.483. The van der Waals surface area contributed by atoms with Crippen LogP contribution in [0.1, 0.15) is 52.4 Å². The van der Waals surface area contributed by atoms with Crippen LogP contribution in [0.25, 0.3) is 21.8 Å². The van der Waals surface area contributed by atoms with Gasteiger partial charge in [-0.2, -0.15) is 0 Å². The normalized spacial score (nSPS) is 19.2. The monoisotopic (exact) mass is 487 g/mol. The highest BCUT2D eigenvalue weighted by Crippen LogP contribution is 2.25. The molecule has 2 aromatic carbocycles. The Balaban J connectivity index is 1.31. The number of piperidine rings is 2. The van der Waals surface area contributed by atoms with Gasteiger partial charge in [-0.25, -0.2) is 4.98 Å². The molecule has 2 unspecified atom stereocenters. The van der Waals surface area contributed by atoms with Gasteiger partial charge in [0.1, 0.15) is 0 Å². The van der Waals surface area contributed by atoms with Crippen LogP contribution in [0, 0.1) is 0 Å². The second-order valence-corrected chi connectivity index (χ2v) is 10.3. The summed E-state index contributed by atoms with van der Waals surface area (Å²) in [5.41, 5.74) is 3.14. The summed E-state index contributed by atoms with van der Waals surface area (Å²) in [4.78, 5) is 35.1. The van der Waals surface area contributed by atoms with Crippen molar-refractivity contribution >= 4 is 45.0 Å².